The molecule has 3 rings (SSSR count). The number of phenols is 1. The molecule has 1 aromatic heterocycles. The van der Waals surface area contributed by atoms with Crippen molar-refractivity contribution in [3.63, 3.8) is 0 Å². The number of likely N-dealkylation sites (tertiary alicyclic amines) is 1. The first-order valence-corrected chi connectivity index (χ1v) is 10.4. The SMILES string of the molecule is COC(=O)c1c(C)[nH]c(C(=O)C(C)N2CCC(C(=O)Nc3ccccc3O)CC2)c1C. The fraction of sp³-hybridized carbons (Fsp3) is 0.435. The van der Waals surface area contributed by atoms with Crippen LogP contribution in [0.4, 0.5) is 5.69 Å². The second-order valence-electron chi connectivity index (χ2n) is 7.97. The summed E-state index contributed by atoms with van der Waals surface area (Å²) >= 11 is 0. The predicted octanol–water partition coefficient (Wildman–Crippen LogP) is 3.05. The number of ether oxygens (including phenoxy) is 1. The Hall–Kier alpha value is -3.13. The number of phenolic OH excluding ortho intramolecular Hbond substituents is 1. The van der Waals surface area contributed by atoms with Crippen molar-refractivity contribution in [2.45, 2.75) is 39.7 Å². The molecule has 2 aromatic rings. The quantitative estimate of drug-likeness (QED) is 0.371. The lowest BCUT2D eigenvalue weighted by atomic mass is 9.93. The Morgan fingerprint density at radius 2 is 1.84 bits per heavy atom. The topological polar surface area (TPSA) is 112 Å². The number of ketones is 1. The van der Waals surface area contributed by atoms with Crippen LogP contribution in [-0.2, 0) is 9.53 Å². The smallest absolute Gasteiger partial charge is 0.339 e. The molecule has 1 aromatic carbocycles. The molecule has 1 fully saturated rings. The van der Waals surface area contributed by atoms with Crippen molar-refractivity contribution in [3.05, 3.63) is 46.8 Å². The number of H-pyrrole nitrogens is 1. The van der Waals surface area contributed by atoms with Crippen molar-refractivity contribution < 1.29 is 24.2 Å². The van der Waals surface area contributed by atoms with Crippen LogP contribution in [0.25, 0.3) is 0 Å². The molecular weight excluding hydrogens is 398 g/mol. The molecule has 2 heterocycles. The summed E-state index contributed by atoms with van der Waals surface area (Å²) in [5, 5.41) is 12.6. The van der Waals surface area contributed by atoms with Crippen molar-refractivity contribution in [1.82, 2.24) is 9.88 Å². The molecule has 0 radical (unpaired) electrons. The maximum Gasteiger partial charge on any atom is 0.339 e. The third-order valence-electron chi connectivity index (χ3n) is 6.06. The largest absolute Gasteiger partial charge is 0.506 e. The molecule has 3 N–H and O–H groups in total. The van der Waals surface area contributed by atoms with Gasteiger partial charge in [0.05, 0.1) is 30.1 Å². The second kappa shape index (κ2) is 9.34. The van der Waals surface area contributed by atoms with Crippen LogP contribution in [0.5, 0.6) is 5.75 Å². The van der Waals surface area contributed by atoms with Gasteiger partial charge in [-0.15, -0.1) is 0 Å². The van der Waals surface area contributed by atoms with Crippen LogP contribution >= 0.6 is 0 Å². The minimum atomic E-state index is -0.464. The average molecular weight is 428 g/mol. The standard InChI is InChI=1S/C23H29N3O5/c1-13-19(23(30)31-4)14(2)24-20(13)21(28)15(3)26-11-9-16(10-12-26)22(29)25-17-7-5-6-8-18(17)27/h5-8,15-16,24,27H,9-12H2,1-4H3,(H,25,29). The summed E-state index contributed by atoms with van der Waals surface area (Å²) in [5.41, 5.74) is 2.43. The van der Waals surface area contributed by atoms with Gasteiger partial charge < -0.3 is 20.1 Å². The minimum Gasteiger partial charge on any atom is -0.506 e. The number of rotatable bonds is 6. The fourth-order valence-electron chi connectivity index (χ4n) is 4.14. The Morgan fingerprint density at radius 3 is 2.45 bits per heavy atom. The van der Waals surface area contributed by atoms with Gasteiger partial charge in [-0.2, -0.15) is 0 Å². The Morgan fingerprint density at radius 1 is 1.19 bits per heavy atom. The molecule has 0 spiro atoms. The average Bonchev–Trinajstić information content (AvgIpc) is 3.07. The zero-order chi connectivity index (χ0) is 22.7. The number of aromatic nitrogens is 1. The summed E-state index contributed by atoms with van der Waals surface area (Å²) < 4.78 is 4.82. The third-order valence-corrected chi connectivity index (χ3v) is 6.06. The van der Waals surface area contributed by atoms with Gasteiger partial charge in [0.25, 0.3) is 0 Å². The number of nitrogens with one attached hydrogen (secondary N) is 2. The normalized spacial score (nSPS) is 16.0. The number of aromatic amines is 1. The van der Waals surface area contributed by atoms with E-state index in [-0.39, 0.29) is 29.4 Å². The summed E-state index contributed by atoms with van der Waals surface area (Å²) in [6.45, 7) is 6.54. The molecule has 1 aliphatic rings. The number of hydrogen-bond acceptors (Lipinski definition) is 6. The van der Waals surface area contributed by atoms with Gasteiger partial charge in [0.1, 0.15) is 5.75 Å². The monoisotopic (exact) mass is 427 g/mol. The van der Waals surface area contributed by atoms with Gasteiger partial charge in [0.15, 0.2) is 5.78 Å². The van der Waals surface area contributed by atoms with Crippen molar-refractivity contribution in [1.29, 1.82) is 0 Å². The Balaban J connectivity index is 1.62. The summed E-state index contributed by atoms with van der Waals surface area (Å²) in [7, 11) is 1.32. The summed E-state index contributed by atoms with van der Waals surface area (Å²) in [6.07, 6.45) is 1.24. The highest BCUT2D eigenvalue weighted by Crippen LogP contribution is 2.27. The van der Waals surface area contributed by atoms with Crippen LogP contribution in [-0.4, -0.2) is 58.9 Å². The summed E-state index contributed by atoms with van der Waals surface area (Å²) in [5.74, 6) is -0.824. The van der Waals surface area contributed by atoms with Crippen molar-refractivity contribution in [2.24, 2.45) is 5.92 Å². The van der Waals surface area contributed by atoms with Crippen molar-refractivity contribution >= 4 is 23.3 Å². The van der Waals surface area contributed by atoms with E-state index >= 15 is 0 Å². The molecule has 0 bridgehead atoms. The van der Waals surface area contributed by atoms with Crippen LogP contribution in [0.15, 0.2) is 24.3 Å². The first kappa shape index (κ1) is 22.6. The zero-order valence-electron chi connectivity index (χ0n) is 18.3. The molecule has 1 saturated heterocycles. The number of para-hydroxylation sites is 2. The fourth-order valence-corrected chi connectivity index (χ4v) is 4.14. The molecule has 0 aliphatic carbocycles. The summed E-state index contributed by atoms with van der Waals surface area (Å²) in [4.78, 5) is 42.8. The highest BCUT2D eigenvalue weighted by atomic mass is 16.5. The molecule has 1 amide bonds. The number of benzene rings is 1. The Labute approximate surface area is 181 Å². The van der Waals surface area contributed by atoms with E-state index < -0.39 is 5.97 Å². The zero-order valence-corrected chi connectivity index (χ0v) is 18.3. The molecule has 0 saturated carbocycles. The van der Waals surface area contributed by atoms with Gasteiger partial charge in [-0.1, -0.05) is 12.1 Å². The number of Topliss-reactive ketones (excluding diaryl/α,β-unsaturated/α-hetero) is 1. The number of piperidine rings is 1. The molecule has 8 nitrogen and oxygen atoms in total. The van der Waals surface area contributed by atoms with Crippen LogP contribution in [0.1, 0.15) is 51.9 Å². The number of amides is 1. The lowest BCUT2D eigenvalue weighted by Gasteiger charge is -2.34. The maximum atomic E-state index is 13.1. The lowest BCUT2D eigenvalue weighted by Crippen LogP contribution is -2.46. The molecule has 31 heavy (non-hydrogen) atoms. The van der Waals surface area contributed by atoms with E-state index in [1.165, 1.54) is 13.2 Å². The second-order valence-corrected chi connectivity index (χ2v) is 7.97. The third kappa shape index (κ3) is 4.64. The number of carbonyl (C=O) groups is 3. The van der Waals surface area contributed by atoms with Gasteiger partial charge in [-0.25, -0.2) is 4.79 Å². The van der Waals surface area contributed by atoms with E-state index in [9.17, 15) is 19.5 Å². The lowest BCUT2D eigenvalue weighted by molar-refractivity contribution is -0.121. The van der Waals surface area contributed by atoms with Crippen molar-refractivity contribution in [3.8, 4) is 5.75 Å². The van der Waals surface area contributed by atoms with Gasteiger partial charge in [0.2, 0.25) is 5.91 Å². The van der Waals surface area contributed by atoms with E-state index in [0.717, 1.165) is 0 Å². The molecule has 1 atom stereocenters. The minimum absolute atomic E-state index is 0.0374. The number of esters is 1. The van der Waals surface area contributed by atoms with Crippen LogP contribution in [0.2, 0.25) is 0 Å². The maximum absolute atomic E-state index is 13.1. The molecule has 166 valence electrons. The van der Waals surface area contributed by atoms with E-state index in [1.807, 2.05) is 6.92 Å². The van der Waals surface area contributed by atoms with Gasteiger partial charge in [0, 0.05) is 11.6 Å². The number of nitrogens with zero attached hydrogens (tertiary/aromatic N) is 1. The van der Waals surface area contributed by atoms with E-state index in [4.69, 9.17) is 4.74 Å². The number of carbonyl (C=O) groups excluding carboxylic acids is 3. The highest BCUT2D eigenvalue weighted by molar-refractivity contribution is 6.03. The molecule has 1 unspecified atom stereocenters. The number of hydrogen-bond donors (Lipinski definition) is 3. The first-order valence-electron chi connectivity index (χ1n) is 10.4. The molecular formula is C23H29N3O5. The Bertz CT molecular complexity index is 989. The van der Waals surface area contributed by atoms with Crippen LogP contribution in [0.3, 0.4) is 0 Å². The molecule has 1 aliphatic heterocycles. The van der Waals surface area contributed by atoms with Crippen molar-refractivity contribution in [2.75, 3.05) is 25.5 Å². The van der Waals surface area contributed by atoms with E-state index in [1.54, 1.807) is 32.0 Å². The predicted molar refractivity (Wildman–Crippen MR) is 116 cm³/mol. The highest BCUT2D eigenvalue weighted by Gasteiger charge is 2.32. The van der Waals surface area contributed by atoms with E-state index in [0.29, 0.717) is 54.1 Å². The first-order chi connectivity index (χ1) is 14.7. The number of aromatic hydroxyl groups is 1. The summed E-state index contributed by atoms with van der Waals surface area (Å²) in [6, 6.07) is 6.25. The number of methoxy groups -OCH3 is 1. The van der Waals surface area contributed by atoms with E-state index in [2.05, 4.69) is 15.2 Å². The van der Waals surface area contributed by atoms with Gasteiger partial charge in [-0.3, -0.25) is 14.5 Å². The number of aryl methyl sites for hydroxylation is 1. The van der Waals surface area contributed by atoms with Gasteiger partial charge in [-0.05, 0) is 64.4 Å². The Kier molecular flexibility index (Phi) is 6.80. The van der Waals surface area contributed by atoms with Gasteiger partial charge >= 0.3 is 5.97 Å². The van der Waals surface area contributed by atoms with Crippen LogP contribution in [0, 0.1) is 19.8 Å². The van der Waals surface area contributed by atoms with Crippen LogP contribution < -0.4 is 5.32 Å². The molecule has 8 heteroatoms. The number of anilines is 1.